The monoisotopic (exact) mass is 1040 g/mol. The highest BCUT2D eigenvalue weighted by atomic mass is 15.2. The van der Waals surface area contributed by atoms with Gasteiger partial charge in [-0.3, -0.25) is 0 Å². The lowest BCUT2D eigenvalue weighted by atomic mass is 9.33. The Bertz CT molecular complexity index is 3840. The highest BCUT2D eigenvalue weighted by Gasteiger charge is 2.47. The number of anilines is 6. The van der Waals surface area contributed by atoms with Crippen molar-refractivity contribution < 1.29 is 0 Å². The summed E-state index contributed by atoms with van der Waals surface area (Å²) in [6.45, 7) is 35.6. The van der Waals surface area contributed by atoms with Crippen LogP contribution in [0, 0.1) is 6.92 Å². The fourth-order valence-corrected chi connectivity index (χ4v) is 13.6. The molecule has 3 aliphatic rings. The van der Waals surface area contributed by atoms with Gasteiger partial charge in [-0.15, -0.1) is 0 Å². The number of nitrogens with zero attached hydrogens (tertiary/aromatic N) is 2. The first-order chi connectivity index (χ1) is 37.8. The Labute approximate surface area is 480 Å². The number of aryl methyl sites for hydroxylation is 1. The van der Waals surface area contributed by atoms with Crippen molar-refractivity contribution in [2.75, 3.05) is 9.80 Å². The molecule has 0 radical (unpaired) electrons. The molecule has 0 aromatic heterocycles. The molecule has 0 spiro atoms. The van der Waals surface area contributed by atoms with Gasteiger partial charge in [0.05, 0.1) is 5.69 Å². The second-order valence-electron chi connectivity index (χ2n) is 28.2. The molecule has 1 aliphatic carbocycles. The van der Waals surface area contributed by atoms with Crippen LogP contribution in [0.25, 0.3) is 22.3 Å². The Morgan fingerprint density at radius 1 is 0.362 bits per heavy atom. The zero-order valence-electron chi connectivity index (χ0n) is 50.4. The molecular weight excluding hydrogens is 964 g/mol. The summed E-state index contributed by atoms with van der Waals surface area (Å²) in [4.78, 5) is 5.33. The Morgan fingerprint density at radius 2 is 0.838 bits per heavy atom. The van der Waals surface area contributed by atoms with Gasteiger partial charge in [0.1, 0.15) is 0 Å². The van der Waals surface area contributed by atoms with Gasteiger partial charge in [0.2, 0.25) is 0 Å². The van der Waals surface area contributed by atoms with Crippen molar-refractivity contribution in [1.82, 2.24) is 0 Å². The molecule has 3 heteroatoms. The maximum Gasteiger partial charge on any atom is 0.252 e. The molecular formula is C77H81BN2. The summed E-state index contributed by atoms with van der Waals surface area (Å²) < 4.78 is 0. The van der Waals surface area contributed by atoms with Gasteiger partial charge in [-0.2, -0.15) is 0 Å². The molecule has 402 valence electrons. The first-order valence-corrected chi connectivity index (χ1v) is 29.5. The Hall–Kier alpha value is -7.36. The van der Waals surface area contributed by atoms with E-state index in [2.05, 4.69) is 308 Å². The van der Waals surface area contributed by atoms with E-state index < -0.39 is 0 Å². The SMILES string of the molecule is Cc1cc2c3c(c1)N(c1ccc(C(C)(C)C)cc1-c1ccc(-c4ccc(C(C)(C)C)cc4)cc1)c1cc4c(cc1B3c1ccc(C(C)(C)c3ccccc3)cc1N2c1cccc(C(C)(C)c2ccccc2)c1)C(C)(C)CCC4(C)C. The van der Waals surface area contributed by atoms with E-state index in [0.29, 0.717) is 0 Å². The summed E-state index contributed by atoms with van der Waals surface area (Å²) in [5, 5.41) is 0. The maximum absolute atomic E-state index is 2.70. The van der Waals surface area contributed by atoms with Gasteiger partial charge < -0.3 is 9.80 Å². The van der Waals surface area contributed by atoms with Gasteiger partial charge in [-0.05, 0) is 173 Å². The molecule has 0 fully saturated rings. The summed E-state index contributed by atoms with van der Waals surface area (Å²) in [7, 11) is 0. The van der Waals surface area contributed by atoms with Crippen molar-refractivity contribution in [2.24, 2.45) is 0 Å². The van der Waals surface area contributed by atoms with Crippen LogP contribution in [0.3, 0.4) is 0 Å². The highest BCUT2D eigenvalue weighted by molar-refractivity contribution is 7.00. The van der Waals surface area contributed by atoms with Crippen LogP contribution in [0.5, 0.6) is 0 Å². The van der Waals surface area contributed by atoms with E-state index in [-0.39, 0.29) is 39.2 Å². The second-order valence-corrected chi connectivity index (χ2v) is 28.2. The van der Waals surface area contributed by atoms with Crippen LogP contribution in [0.15, 0.2) is 194 Å². The van der Waals surface area contributed by atoms with E-state index in [1.807, 2.05) is 0 Å². The Balaban J connectivity index is 1.14. The molecule has 0 N–H and O–H groups in total. The minimum atomic E-state index is -0.252. The van der Waals surface area contributed by atoms with Crippen LogP contribution in [-0.2, 0) is 32.5 Å². The lowest BCUT2D eigenvalue weighted by molar-refractivity contribution is 0.332. The molecule has 0 amide bonds. The van der Waals surface area contributed by atoms with E-state index in [0.717, 1.165) is 12.8 Å². The van der Waals surface area contributed by atoms with Gasteiger partial charge >= 0.3 is 0 Å². The zero-order chi connectivity index (χ0) is 56.5. The fraction of sp³-hybridized carbons (Fsp3) is 0.299. The lowest BCUT2D eigenvalue weighted by Crippen LogP contribution is -2.62. The van der Waals surface area contributed by atoms with E-state index >= 15 is 0 Å². The summed E-state index contributed by atoms with van der Waals surface area (Å²) in [5.41, 5.74) is 28.0. The van der Waals surface area contributed by atoms with Gasteiger partial charge in [0.15, 0.2) is 0 Å². The molecule has 12 rings (SSSR count). The van der Waals surface area contributed by atoms with Crippen molar-refractivity contribution in [2.45, 2.75) is 149 Å². The number of benzene rings is 9. The van der Waals surface area contributed by atoms with Crippen LogP contribution in [0.2, 0.25) is 0 Å². The first-order valence-electron chi connectivity index (χ1n) is 29.5. The number of rotatable bonds is 8. The van der Waals surface area contributed by atoms with Gasteiger partial charge in [-0.25, -0.2) is 0 Å². The average Bonchev–Trinajstić information content (AvgIpc) is 1.36. The third-order valence-corrected chi connectivity index (χ3v) is 19.1. The van der Waals surface area contributed by atoms with Crippen molar-refractivity contribution in [3.8, 4) is 22.3 Å². The lowest BCUT2D eigenvalue weighted by Gasteiger charge is -2.48. The minimum Gasteiger partial charge on any atom is -0.311 e. The predicted molar refractivity (Wildman–Crippen MR) is 346 cm³/mol. The smallest absolute Gasteiger partial charge is 0.252 e. The van der Waals surface area contributed by atoms with Crippen molar-refractivity contribution in [1.29, 1.82) is 0 Å². The van der Waals surface area contributed by atoms with Crippen LogP contribution >= 0.6 is 0 Å². The molecule has 2 aliphatic heterocycles. The molecule has 0 bridgehead atoms. The normalized spacial score (nSPS) is 15.5. The maximum atomic E-state index is 2.70. The zero-order valence-corrected chi connectivity index (χ0v) is 50.4. The van der Waals surface area contributed by atoms with Crippen molar-refractivity contribution in [3.05, 3.63) is 244 Å². The van der Waals surface area contributed by atoms with Crippen LogP contribution < -0.4 is 26.2 Å². The summed E-state index contributed by atoms with van der Waals surface area (Å²) in [6, 6.07) is 75.3. The molecule has 0 unspecified atom stereocenters. The summed E-state index contributed by atoms with van der Waals surface area (Å²) >= 11 is 0. The molecule has 9 aromatic carbocycles. The molecule has 9 aromatic rings. The third kappa shape index (κ3) is 8.95. The summed E-state index contributed by atoms with van der Waals surface area (Å²) in [6.07, 6.45) is 2.29. The van der Waals surface area contributed by atoms with E-state index in [4.69, 9.17) is 0 Å². The van der Waals surface area contributed by atoms with E-state index in [9.17, 15) is 0 Å². The predicted octanol–water partition coefficient (Wildman–Crippen LogP) is 19.0. The Kier molecular flexibility index (Phi) is 12.6. The largest absolute Gasteiger partial charge is 0.311 e. The van der Waals surface area contributed by atoms with Crippen molar-refractivity contribution in [3.63, 3.8) is 0 Å². The van der Waals surface area contributed by atoms with Gasteiger partial charge in [-0.1, -0.05) is 243 Å². The van der Waals surface area contributed by atoms with Crippen LogP contribution in [0.4, 0.5) is 34.1 Å². The minimum absolute atomic E-state index is 0.00116. The van der Waals surface area contributed by atoms with E-state index in [1.165, 1.54) is 123 Å². The molecule has 80 heavy (non-hydrogen) atoms. The highest BCUT2D eigenvalue weighted by Crippen LogP contribution is 2.53. The molecule has 0 atom stereocenters. The first kappa shape index (κ1) is 53.3. The quantitative estimate of drug-likeness (QED) is 0.140. The molecule has 0 saturated heterocycles. The topological polar surface area (TPSA) is 6.48 Å². The van der Waals surface area contributed by atoms with Gasteiger partial charge in [0.25, 0.3) is 6.71 Å². The van der Waals surface area contributed by atoms with Crippen molar-refractivity contribution >= 4 is 57.2 Å². The summed E-state index contributed by atoms with van der Waals surface area (Å²) in [5.74, 6) is 0. The third-order valence-electron chi connectivity index (χ3n) is 19.1. The van der Waals surface area contributed by atoms with E-state index in [1.54, 1.807) is 0 Å². The number of fused-ring (bicyclic) bond motifs is 5. The number of hydrogen-bond acceptors (Lipinski definition) is 2. The molecule has 2 nitrogen and oxygen atoms in total. The second kappa shape index (κ2) is 18.9. The fourth-order valence-electron chi connectivity index (χ4n) is 13.6. The number of hydrogen-bond donors (Lipinski definition) is 0. The van der Waals surface area contributed by atoms with Crippen LogP contribution in [0.1, 0.15) is 160 Å². The molecule has 0 saturated carbocycles. The van der Waals surface area contributed by atoms with Crippen LogP contribution in [-0.4, -0.2) is 6.71 Å². The van der Waals surface area contributed by atoms with Gasteiger partial charge in [0, 0.05) is 44.8 Å². The molecule has 2 heterocycles. The average molecular weight is 1050 g/mol. The Morgan fingerprint density at radius 3 is 1.41 bits per heavy atom. The standard InChI is InChI=1S/C77H81BN2/c1-50-43-69-71-70(44-50)80(66-40-38-57(73(5,6)7)46-61(66)53-31-29-51(30-32-53)52-33-35-54(36-34-52)72(2,3)4)68-49-63-62(74(8,9)41-42-75(63,10)11)48-65(68)78(71)64-39-37-59(77(14,15)56-25-20-17-21-26-56)47-67(64)79(69)60-28-22-27-58(45-60)76(12,13)55-23-18-16-19-24-55/h16-40,43-49H,41-42H2,1-15H3.